The van der Waals surface area contributed by atoms with E-state index in [2.05, 4.69) is 0 Å². The van der Waals surface area contributed by atoms with E-state index in [-0.39, 0.29) is 12.4 Å². The van der Waals surface area contributed by atoms with Crippen molar-refractivity contribution in [2.45, 2.75) is 69.2 Å². The molecule has 1 heterocycles. The summed E-state index contributed by atoms with van der Waals surface area (Å²) in [5.74, 6) is 0.479. The molecule has 0 spiro atoms. The van der Waals surface area contributed by atoms with Crippen LogP contribution in [-0.2, 0) is 18.9 Å². The third kappa shape index (κ3) is 9.39. The molecule has 9 nitrogen and oxygen atoms in total. The summed E-state index contributed by atoms with van der Waals surface area (Å²) >= 11 is 0. The van der Waals surface area contributed by atoms with Crippen molar-refractivity contribution in [2.75, 3.05) is 28.1 Å². The van der Waals surface area contributed by atoms with E-state index >= 15 is 0 Å². The molecule has 0 radical (unpaired) electrons. The topological polar surface area (TPSA) is 113 Å². The second-order valence-corrected chi connectivity index (χ2v) is 11.1. The molecular weight excluding hydrogens is 576 g/mol. The number of ether oxygens (including phenoxy) is 6. The number of hydrogen-bond donors (Lipinski definition) is 2. The van der Waals surface area contributed by atoms with Gasteiger partial charge >= 0.3 is 5.97 Å². The lowest BCUT2D eigenvalue weighted by atomic mass is 9.91. The van der Waals surface area contributed by atoms with Gasteiger partial charge in [-0.05, 0) is 79.6 Å². The molecule has 0 aliphatic carbocycles. The van der Waals surface area contributed by atoms with Crippen LogP contribution < -0.4 is 9.47 Å². The maximum absolute atomic E-state index is 11.8. The fourth-order valence-electron chi connectivity index (χ4n) is 5.55. The van der Waals surface area contributed by atoms with Gasteiger partial charge in [-0.2, -0.15) is 0 Å². The van der Waals surface area contributed by atoms with E-state index < -0.39 is 42.6 Å². The Bertz CT molecular complexity index is 1350. The standard InChI is InChI=1S/C36H44O9/c1-24(37)9-7-13-31(43-23-40-2)35-32(14-8-11-25-10-5-6-12-30(25)36(38)39)44-33(26-15-19-28(41-3)20-16-26)34(45-35)27-17-21-29(42-4)22-18-27/h5-6,8,10-12,15-22,24,31-35,37H,7,9,13-14,23H2,1-4H3,(H,38,39)/b11-8+/t24-,31+,32-,33+,34+,35+/m1/s1. The molecule has 1 saturated heterocycles. The van der Waals surface area contributed by atoms with Crippen molar-refractivity contribution >= 4 is 12.0 Å². The van der Waals surface area contributed by atoms with Crippen molar-refractivity contribution in [1.82, 2.24) is 0 Å². The second kappa shape index (κ2) is 17.1. The molecular formula is C36H44O9. The summed E-state index contributed by atoms with van der Waals surface area (Å²) in [5, 5.41) is 19.6. The molecule has 3 aromatic rings. The number of aliphatic hydroxyl groups is 1. The highest BCUT2D eigenvalue weighted by Gasteiger charge is 2.43. The third-order valence-electron chi connectivity index (χ3n) is 7.89. The van der Waals surface area contributed by atoms with E-state index in [1.165, 1.54) is 0 Å². The van der Waals surface area contributed by atoms with E-state index in [1.807, 2.05) is 60.7 Å². The molecule has 2 N–H and O–H groups in total. The van der Waals surface area contributed by atoms with Gasteiger partial charge in [-0.1, -0.05) is 54.6 Å². The van der Waals surface area contributed by atoms with Crippen molar-refractivity contribution in [3.8, 4) is 11.5 Å². The van der Waals surface area contributed by atoms with Crippen LogP contribution in [0.3, 0.4) is 0 Å². The van der Waals surface area contributed by atoms with Gasteiger partial charge in [-0.25, -0.2) is 4.79 Å². The minimum absolute atomic E-state index is 0.0723. The second-order valence-electron chi connectivity index (χ2n) is 11.1. The molecule has 0 saturated carbocycles. The summed E-state index contributed by atoms with van der Waals surface area (Å²) in [4.78, 5) is 11.8. The monoisotopic (exact) mass is 620 g/mol. The highest BCUT2D eigenvalue weighted by Crippen LogP contribution is 2.44. The number of aliphatic hydroxyl groups excluding tert-OH is 1. The number of carboxylic acids is 1. The Morgan fingerprint density at radius 2 is 1.47 bits per heavy atom. The highest BCUT2D eigenvalue weighted by molar-refractivity contribution is 5.92. The SMILES string of the molecule is COCO[C@@H](CCC[C@@H](C)O)[C@@H]1O[C@@H](c2ccc(OC)cc2)[C@H](c2ccc(OC)cc2)O[C@@H]1C/C=C/c1ccccc1C(=O)O. The normalized spacial score (nSPS) is 21.4. The summed E-state index contributed by atoms with van der Waals surface area (Å²) in [6, 6.07) is 22.4. The molecule has 45 heavy (non-hydrogen) atoms. The number of hydrogen-bond acceptors (Lipinski definition) is 8. The Morgan fingerprint density at radius 1 is 0.867 bits per heavy atom. The Morgan fingerprint density at radius 3 is 2.02 bits per heavy atom. The quantitative estimate of drug-likeness (QED) is 0.171. The fraction of sp³-hybridized carbons (Fsp3) is 0.417. The lowest BCUT2D eigenvalue weighted by molar-refractivity contribution is -0.261. The van der Waals surface area contributed by atoms with E-state index in [1.54, 1.807) is 52.5 Å². The highest BCUT2D eigenvalue weighted by atomic mass is 16.7. The molecule has 4 rings (SSSR count). The van der Waals surface area contributed by atoms with Gasteiger partial charge in [0, 0.05) is 7.11 Å². The van der Waals surface area contributed by atoms with E-state index in [0.29, 0.717) is 24.8 Å². The molecule has 0 amide bonds. The van der Waals surface area contributed by atoms with E-state index in [9.17, 15) is 15.0 Å². The maximum Gasteiger partial charge on any atom is 0.336 e. The van der Waals surface area contributed by atoms with Gasteiger partial charge in [0.2, 0.25) is 0 Å². The molecule has 0 bridgehead atoms. The van der Waals surface area contributed by atoms with Gasteiger partial charge in [0.25, 0.3) is 0 Å². The first-order valence-corrected chi connectivity index (χ1v) is 15.2. The summed E-state index contributed by atoms with van der Waals surface area (Å²) in [6.07, 6.45) is 3.38. The zero-order valence-corrected chi connectivity index (χ0v) is 26.3. The molecule has 0 unspecified atom stereocenters. The van der Waals surface area contributed by atoms with Crippen LogP contribution in [0.2, 0.25) is 0 Å². The molecule has 1 aliphatic rings. The Kier molecular flexibility index (Phi) is 13.0. The van der Waals surface area contributed by atoms with Crippen LogP contribution in [0, 0.1) is 0 Å². The minimum Gasteiger partial charge on any atom is -0.497 e. The maximum atomic E-state index is 11.8. The van der Waals surface area contributed by atoms with Gasteiger partial charge in [0.1, 0.15) is 36.6 Å². The molecule has 3 aromatic carbocycles. The van der Waals surface area contributed by atoms with Crippen LogP contribution in [0.4, 0.5) is 0 Å². The Balaban J connectivity index is 1.72. The van der Waals surface area contributed by atoms with Crippen LogP contribution in [0.25, 0.3) is 6.08 Å². The number of rotatable bonds is 16. The Hall–Kier alpha value is -3.73. The Labute approximate surface area is 265 Å². The van der Waals surface area contributed by atoms with Crippen LogP contribution in [-0.4, -0.2) is 68.7 Å². The first-order valence-electron chi connectivity index (χ1n) is 15.2. The van der Waals surface area contributed by atoms with Crippen molar-refractivity contribution in [3.63, 3.8) is 0 Å². The summed E-state index contributed by atoms with van der Waals surface area (Å²) in [7, 11) is 4.83. The molecule has 1 fully saturated rings. The van der Waals surface area contributed by atoms with Crippen LogP contribution in [0.5, 0.6) is 11.5 Å². The van der Waals surface area contributed by atoms with Gasteiger partial charge in [-0.3, -0.25) is 0 Å². The summed E-state index contributed by atoms with van der Waals surface area (Å²) in [6.45, 7) is 1.84. The van der Waals surface area contributed by atoms with Gasteiger partial charge in [0.05, 0.1) is 38.1 Å². The zero-order chi connectivity index (χ0) is 32.2. The lowest BCUT2D eigenvalue weighted by Gasteiger charge is -2.45. The molecule has 9 heteroatoms. The fourth-order valence-corrected chi connectivity index (χ4v) is 5.55. The smallest absolute Gasteiger partial charge is 0.336 e. The number of carbonyl (C=O) groups is 1. The van der Waals surface area contributed by atoms with Crippen LogP contribution in [0.15, 0.2) is 78.9 Å². The van der Waals surface area contributed by atoms with Crippen molar-refractivity contribution in [2.24, 2.45) is 0 Å². The largest absolute Gasteiger partial charge is 0.497 e. The molecule has 0 aromatic heterocycles. The lowest BCUT2D eigenvalue weighted by Crippen LogP contribution is -2.49. The van der Waals surface area contributed by atoms with E-state index in [0.717, 1.165) is 29.0 Å². The average molecular weight is 621 g/mol. The summed E-state index contributed by atoms with van der Waals surface area (Å²) in [5.41, 5.74) is 2.66. The van der Waals surface area contributed by atoms with Crippen molar-refractivity contribution in [1.29, 1.82) is 0 Å². The zero-order valence-electron chi connectivity index (χ0n) is 26.3. The van der Waals surface area contributed by atoms with Crippen LogP contribution >= 0.6 is 0 Å². The minimum atomic E-state index is -0.988. The predicted molar refractivity (Wildman–Crippen MR) is 171 cm³/mol. The van der Waals surface area contributed by atoms with E-state index in [4.69, 9.17) is 28.4 Å². The molecule has 6 atom stereocenters. The average Bonchev–Trinajstić information content (AvgIpc) is 3.06. The van der Waals surface area contributed by atoms with Gasteiger partial charge < -0.3 is 38.6 Å². The predicted octanol–water partition coefficient (Wildman–Crippen LogP) is 6.61. The van der Waals surface area contributed by atoms with Gasteiger partial charge in [-0.15, -0.1) is 0 Å². The first kappa shape index (κ1) is 34.1. The number of aromatic carboxylic acids is 1. The number of methoxy groups -OCH3 is 3. The third-order valence-corrected chi connectivity index (χ3v) is 7.89. The van der Waals surface area contributed by atoms with Crippen LogP contribution in [0.1, 0.15) is 71.9 Å². The number of carboxylic acid groups (broad SMARTS) is 1. The first-order chi connectivity index (χ1) is 21.8. The van der Waals surface area contributed by atoms with Crippen molar-refractivity contribution in [3.05, 3.63) is 101 Å². The molecule has 242 valence electrons. The molecule has 1 aliphatic heterocycles. The van der Waals surface area contributed by atoms with Crippen molar-refractivity contribution < 1.29 is 43.4 Å². The van der Waals surface area contributed by atoms with Gasteiger partial charge in [0.15, 0.2) is 0 Å². The summed E-state index contributed by atoms with van der Waals surface area (Å²) < 4.78 is 36.2. The number of benzene rings is 3.